The van der Waals surface area contributed by atoms with Crippen LogP contribution in [0.2, 0.25) is 0 Å². The molecule has 4 fully saturated rings. The summed E-state index contributed by atoms with van der Waals surface area (Å²) < 4.78 is 0. The molecule has 0 radical (unpaired) electrons. The number of nitrogens with one attached hydrogen (secondary N) is 2. The second kappa shape index (κ2) is 37.8. The van der Waals surface area contributed by atoms with Gasteiger partial charge in [-0.3, -0.25) is 0 Å². The quantitative estimate of drug-likeness (QED) is 0.465. The van der Waals surface area contributed by atoms with Gasteiger partial charge in [-0.15, -0.1) is 0 Å². The van der Waals surface area contributed by atoms with Crippen LogP contribution in [-0.2, 0) is 0 Å². The Labute approximate surface area is 150 Å². The highest BCUT2D eigenvalue weighted by Crippen LogP contribution is 1.81. The van der Waals surface area contributed by atoms with Crippen molar-refractivity contribution in [3.05, 3.63) is 0 Å². The summed E-state index contributed by atoms with van der Waals surface area (Å²) in [6.07, 6.45) is 5.67. The zero-order chi connectivity index (χ0) is 11.3. The fourth-order valence-electron chi connectivity index (χ4n) is 0.762. The zero-order valence-electron chi connectivity index (χ0n) is 11.3. The number of hydrogen-bond donors (Lipinski definition) is 5. The summed E-state index contributed by atoms with van der Waals surface area (Å²) >= 11 is 0. The van der Waals surface area contributed by atoms with Crippen LogP contribution in [0.25, 0.3) is 0 Å². The van der Waals surface area contributed by atoms with Crippen molar-refractivity contribution in [3.8, 4) is 0 Å². The van der Waals surface area contributed by atoms with Crippen molar-refractivity contribution in [1.82, 2.24) is 16.8 Å². The second-order valence-corrected chi connectivity index (χ2v) is 4.65. The molecule has 0 bridgehead atoms. The Bertz CT molecular complexity index is 81.4. The number of rotatable bonds is 0. The Morgan fingerprint density at radius 3 is 0.522 bits per heavy atom. The fraction of sp³-hybridized carbons (Fsp3) is 1.00. The molecule has 0 aliphatic carbocycles. The van der Waals surface area contributed by atoms with Gasteiger partial charge < -0.3 is 27.4 Å². The monoisotopic (exact) mass is 343 g/mol. The summed E-state index contributed by atoms with van der Waals surface area (Å²) in [4.78, 5) is 0. The maximum atomic E-state index is 3.11. The molecule has 5 heteroatoms. The molecule has 9 N–H and O–H groups in total. The Balaban J connectivity index is -0.0000000269. The topological polar surface area (TPSA) is 92.3 Å². The molecule has 0 aromatic heterocycles. The summed E-state index contributed by atoms with van der Waals surface area (Å²) in [5, 5.41) is 10.8. The van der Waals surface area contributed by atoms with E-state index in [-0.39, 0.29) is 50.7 Å². The average Bonchev–Trinajstić information content (AvgIpc) is 1.62. The van der Waals surface area contributed by atoms with E-state index >= 15 is 0 Å². The molecule has 4 saturated heterocycles. The van der Waals surface area contributed by atoms with Crippen molar-refractivity contribution >= 4 is 0 Å². The minimum absolute atomic E-state index is 0. The third-order valence-corrected chi connectivity index (χ3v) is 3.05. The molecule has 4 heterocycles. The highest BCUT2D eigenvalue weighted by Gasteiger charge is 1.98. The van der Waals surface area contributed by atoms with Crippen molar-refractivity contribution in [2.75, 3.05) is 52.4 Å². The molecular formula is C18H57N5+2. The van der Waals surface area contributed by atoms with Crippen LogP contribution < -0.4 is 27.4 Å². The van der Waals surface area contributed by atoms with Crippen molar-refractivity contribution in [2.24, 2.45) is 0 Å². The SMILES string of the molecule is C.C.C.C.C.C.C1CNC1.C1CNC1.C1C[NH2+]C1.C1C[NH2+]C1.N. The van der Waals surface area contributed by atoms with Crippen LogP contribution in [0, 0.1) is 0 Å². The summed E-state index contributed by atoms with van der Waals surface area (Å²) in [6, 6.07) is 0. The Kier molecular flexibility index (Phi) is 71.3. The van der Waals surface area contributed by atoms with E-state index in [2.05, 4.69) is 21.3 Å². The van der Waals surface area contributed by atoms with E-state index in [9.17, 15) is 0 Å². The van der Waals surface area contributed by atoms with Crippen molar-refractivity contribution in [2.45, 2.75) is 70.2 Å². The summed E-state index contributed by atoms with van der Waals surface area (Å²) in [6.45, 7) is 10.5. The molecule has 5 nitrogen and oxygen atoms in total. The first-order chi connectivity index (χ1) is 8.00. The smallest absolute Gasteiger partial charge is 0.0809 e. The molecule has 4 rings (SSSR count). The molecule has 0 saturated carbocycles. The van der Waals surface area contributed by atoms with Crippen molar-refractivity contribution < 1.29 is 10.6 Å². The van der Waals surface area contributed by atoms with Crippen LogP contribution in [0.15, 0.2) is 0 Å². The van der Waals surface area contributed by atoms with Gasteiger partial charge in [-0.2, -0.15) is 0 Å². The minimum atomic E-state index is 0. The van der Waals surface area contributed by atoms with Gasteiger partial charge in [-0.1, -0.05) is 44.6 Å². The highest BCUT2D eigenvalue weighted by molar-refractivity contribution is 4.57. The molecule has 23 heavy (non-hydrogen) atoms. The van der Waals surface area contributed by atoms with Gasteiger partial charge in [0, 0.05) is 12.8 Å². The average molecular weight is 344 g/mol. The first-order valence-corrected chi connectivity index (χ1v) is 7.05. The molecule has 0 spiro atoms. The predicted octanol–water partition coefficient (Wildman–Crippen LogP) is 1.85. The molecule has 0 atom stereocenters. The van der Waals surface area contributed by atoms with Crippen molar-refractivity contribution in [3.63, 3.8) is 0 Å². The van der Waals surface area contributed by atoms with Gasteiger partial charge in [0.2, 0.25) is 0 Å². The van der Waals surface area contributed by atoms with E-state index in [4.69, 9.17) is 0 Å². The molecular weight excluding hydrogens is 286 g/mol. The van der Waals surface area contributed by atoms with Gasteiger partial charge in [0.05, 0.1) is 26.2 Å². The lowest BCUT2D eigenvalue weighted by Gasteiger charge is -2.09. The molecule has 0 amide bonds. The van der Waals surface area contributed by atoms with Crippen LogP contribution in [0.5, 0.6) is 0 Å². The van der Waals surface area contributed by atoms with Crippen molar-refractivity contribution in [1.29, 1.82) is 0 Å². The van der Waals surface area contributed by atoms with Crippen LogP contribution >= 0.6 is 0 Å². The van der Waals surface area contributed by atoms with Gasteiger partial charge >= 0.3 is 0 Å². The summed E-state index contributed by atoms with van der Waals surface area (Å²) in [5.41, 5.74) is 0. The Hall–Kier alpha value is -0.200. The lowest BCUT2D eigenvalue weighted by atomic mass is 10.3. The minimum Gasteiger partial charge on any atom is -0.346 e. The van der Waals surface area contributed by atoms with Gasteiger partial charge in [-0.25, -0.2) is 0 Å². The normalized spacial score (nSPS) is 16.7. The van der Waals surface area contributed by atoms with Crippen LogP contribution in [0.1, 0.15) is 70.2 Å². The van der Waals surface area contributed by atoms with E-state index < -0.39 is 0 Å². The Morgan fingerprint density at radius 1 is 0.435 bits per heavy atom. The van der Waals surface area contributed by atoms with Crippen LogP contribution in [0.4, 0.5) is 0 Å². The second-order valence-electron chi connectivity index (χ2n) is 4.65. The lowest BCUT2D eigenvalue weighted by Crippen LogP contribution is -2.92. The maximum absolute atomic E-state index is 3.11. The lowest BCUT2D eigenvalue weighted by molar-refractivity contribution is -0.705. The predicted molar refractivity (Wildman–Crippen MR) is 113 cm³/mol. The van der Waals surface area contributed by atoms with Gasteiger partial charge in [0.15, 0.2) is 0 Å². The number of quaternary nitrogens is 2. The van der Waals surface area contributed by atoms with Gasteiger partial charge in [0.1, 0.15) is 0 Å². The van der Waals surface area contributed by atoms with E-state index in [0.29, 0.717) is 0 Å². The standard InChI is InChI=1S/4C3H7N.6CH4.H3N/c4*1-2-4-3-1;;;;;;;/h4*4H,1-3H2;6*1H4;1H3/p+2. The van der Waals surface area contributed by atoms with E-state index in [1.807, 2.05) is 0 Å². The van der Waals surface area contributed by atoms with Gasteiger partial charge in [-0.05, 0) is 39.0 Å². The van der Waals surface area contributed by atoms with Gasteiger partial charge in [0.25, 0.3) is 0 Å². The first-order valence-electron chi connectivity index (χ1n) is 7.05. The van der Waals surface area contributed by atoms with Crippen LogP contribution in [0.3, 0.4) is 0 Å². The summed E-state index contributed by atoms with van der Waals surface area (Å²) in [7, 11) is 0. The van der Waals surface area contributed by atoms with Crippen LogP contribution in [-0.4, -0.2) is 52.4 Å². The maximum Gasteiger partial charge on any atom is 0.0809 e. The van der Waals surface area contributed by atoms with E-state index in [0.717, 1.165) is 0 Å². The number of nitrogens with two attached hydrogens (primary N) is 2. The zero-order valence-corrected chi connectivity index (χ0v) is 11.3. The molecule has 4 aliphatic heterocycles. The first kappa shape index (κ1) is 43.4. The fourth-order valence-corrected chi connectivity index (χ4v) is 0.762. The third kappa shape index (κ3) is 34.2. The molecule has 0 aromatic carbocycles. The summed E-state index contributed by atoms with van der Waals surface area (Å²) in [5.74, 6) is 0. The van der Waals surface area contributed by atoms with E-state index in [1.54, 1.807) is 0 Å². The number of hydrogen-bond acceptors (Lipinski definition) is 3. The largest absolute Gasteiger partial charge is 0.346 e. The highest BCUT2D eigenvalue weighted by atomic mass is 14.9. The molecule has 4 aliphatic rings. The molecule has 0 aromatic rings. The third-order valence-electron chi connectivity index (χ3n) is 3.05. The Morgan fingerprint density at radius 2 is 0.522 bits per heavy atom. The molecule has 0 unspecified atom stereocenters. The molecule has 152 valence electrons. The van der Waals surface area contributed by atoms with E-state index in [1.165, 1.54) is 78.0 Å².